The molecule has 0 saturated heterocycles. The molecular weight excluding hydrogens is 420 g/mol. The maximum Gasteiger partial charge on any atom is 0.324 e. The minimum absolute atomic E-state index is 0.0302. The summed E-state index contributed by atoms with van der Waals surface area (Å²) in [5.41, 5.74) is 13.7. The van der Waals surface area contributed by atoms with Crippen LogP contribution >= 0.6 is 0 Å². The molecule has 3 saturated carbocycles. The monoisotopic (exact) mass is 472 g/mol. The Morgan fingerprint density at radius 1 is 1.09 bits per heavy atom. The van der Waals surface area contributed by atoms with Crippen molar-refractivity contribution in [1.82, 2.24) is 0 Å². The maximum atomic E-state index is 12.2. The normalized spacial score (nSPS) is 41.2. The van der Waals surface area contributed by atoms with Crippen molar-refractivity contribution in [3.8, 4) is 0 Å². The van der Waals surface area contributed by atoms with Gasteiger partial charge in [-0.3, -0.25) is 4.79 Å². The third-order valence-electron chi connectivity index (χ3n) is 11.1. The molecule has 194 valence electrons. The van der Waals surface area contributed by atoms with Crippen LogP contribution in [0.4, 0.5) is 0 Å². The molecule has 3 fully saturated rings. The van der Waals surface area contributed by atoms with Crippen molar-refractivity contribution in [3.63, 3.8) is 0 Å². The van der Waals surface area contributed by atoms with E-state index in [2.05, 4.69) is 40.7 Å². The highest BCUT2D eigenvalue weighted by Crippen LogP contribution is 2.67. The van der Waals surface area contributed by atoms with Crippen LogP contribution < -0.4 is 11.5 Å². The average molecular weight is 473 g/mol. The van der Waals surface area contributed by atoms with Crippen molar-refractivity contribution in [2.45, 2.75) is 117 Å². The van der Waals surface area contributed by atoms with Gasteiger partial charge in [-0.2, -0.15) is 0 Å². The number of hydrogen-bond acceptors (Lipinski definition) is 4. The lowest BCUT2D eigenvalue weighted by molar-refractivity contribution is -0.152. The van der Waals surface area contributed by atoms with Crippen LogP contribution in [0.15, 0.2) is 11.6 Å². The van der Waals surface area contributed by atoms with E-state index in [1.54, 1.807) is 5.57 Å². The van der Waals surface area contributed by atoms with Crippen molar-refractivity contribution < 1.29 is 9.53 Å². The first-order valence-corrected chi connectivity index (χ1v) is 14.5. The van der Waals surface area contributed by atoms with Gasteiger partial charge in [0.25, 0.3) is 0 Å². The summed E-state index contributed by atoms with van der Waals surface area (Å²) in [5, 5.41) is 0. The Morgan fingerprint density at radius 3 is 2.56 bits per heavy atom. The number of rotatable bonds is 8. The van der Waals surface area contributed by atoms with Gasteiger partial charge < -0.3 is 16.2 Å². The quantitative estimate of drug-likeness (QED) is 0.324. The third-order valence-corrected chi connectivity index (χ3v) is 11.1. The molecule has 0 aliphatic heterocycles. The number of carbonyl (C=O) groups excluding carboxylic acids is 1. The van der Waals surface area contributed by atoms with E-state index in [-0.39, 0.29) is 24.0 Å². The van der Waals surface area contributed by atoms with Crippen LogP contribution in [-0.4, -0.2) is 24.7 Å². The zero-order valence-electron chi connectivity index (χ0n) is 22.7. The first-order valence-electron chi connectivity index (χ1n) is 14.5. The molecule has 0 spiro atoms. The van der Waals surface area contributed by atoms with Crippen LogP contribution in [0.1, 0.15) is 105 Å². The molecule has 4 N–H and O–H groups in total. The summed E-state index contributed by atoms with van der Waals surface area (Å²) in [4.78, 5) is 12.2. The average Bonchev–Trinajstić information content (AvgIpc) is 3.15. The summed E-state index contributed by atoms with van der Waals surface area (Å²) in [5.74, 6) is 4.78. The Kier molecular flexibility index (Phi) is 7.89. The van der Waals surface area contributed by atoms with Crippen LogP contribution in [-0.2, 0) is 9.53 Å². The molecular formula is C30H52N2O2. The third kappa shape index (κ3) is 4.75. The van der Waals surface area contributed by atoms with Gasteiger partial charge in [0.2, 0.25) is 0 Å². The van der Waals surface area contributed by atoms with E-state index in [1.807, 2.05) is 0 Å². The molecule has 0 aromatic rings. The number of carbonyl (C=O) groups is 1. The van der Waals surface area contributed by atoms with E-state index in [1.165, 1.54) is 51.4 Å². The van der Waals surface area contributed by atoms with Gasteiger partial charge in [0.1, 0.15) is 12.1 Å². The Hall–Kier alpha value is -0.870. The minimum Gasteiger partial charge on any atom is -0.461 e. The highest BCUT2D eigenvalue weighted by Gasteiger charge is 2.59. The van der Waals surface area contributed by atoms with Crippen molar-refractivity contribution in [2.75, 3.05) is 6.54 Å². The highest BCUT2D eigenvalue weighted by atomic mass is 16.5. The molecule has 4 heteroatoms. The van der Waals surface area contributed by atoms with Gasteiger partial charge in [-0.25, -0.2) is 0 Å². The summed E-state index contributed by atoms with van der Waals surface area (Å²) in [6.45, 7) is 12.6. The number of allylic oxidation sites excluding steroid dienone is 1. The van der Waals surface area contributed by atoms with E-state index in [0.29, 0.717) is 5.41 Å². The fraction of sp³-hybridized carbons (Fsp3) is 0.900. The molecule has 0 bridgehead atoms. The Bertz CT molecular complexity index is 763. The van der Waals surface area contributed by atoms with E-state index in [9.17, 15) is 4.79 Å². The Morgan fingerprint density at radius 2 is 1.85 bits per heavy atom. The number of esters is 1. The summed E-state index contributed by atoms with van der Waals surface area (Å²) in [7, 11) is 0. The number of ether oxygens (including phenoxy) is 1. The standard InChI is InChI=1S/C30H52N2O2/c1-19(2)7-6-8-20(3)24-11-12-25-23-10-9-21-17-22(34-28(33)27(32)18-31)13-15-29(21,4)26(23)14-16-30(24,25)5/h9,19-20,22-27H,6-8,10-18,31-32H2,1-5H3/t20-,22+,23+,24-,25+,26+,27?,29+,30-/m1/s1. The zero-order chi connectivity index (χ0) is 24.7. The molecule has 0 amide bonds. The second kappa shape index (κ2) is 10.2. The number of hydrogen-bond donors (Lipinski definition) is 2. The second-order valence-electron chi connectivity index (χ2n) is 13.4. The number of nitrogens with two attached hydrogens (primary N) is 2. The van der Waals surface area contributed by atoms with Crippen molar-refractivity contribution in [2.24, 2.45) is 57.8 Å². The van der Waals surface area contributed by atoms with E-state index >= 15 is 0 Å². The highest BCUT2D eigenvalue weighted by molar-refractivity contribution is 5.76. The van der Waals surface area contributed by atoms with E-state index in [4.69, 9.17) is 16.2 Å². The Labute approximate surface area is 209 Å². The molecule has 4 aliphatic carbocycles. The van der Waals surface area contributed by atoms with Gasteiger partial charge in [-0.15, -0.1) is 0 Å². The first kappa shape index (κ1) is 26.2. The fourth-order valence-electron chi connectivity index (χ4n) is 9.10. The fourth-order valence-corrected chi connectivity index (χ4v) is 9.10. The van der Waals surface area contributed by atoms with Crippen molar-refractivity contribution in [1.29, 1.82) is 0 Å². The van der Waals surface area contributed by atoms with Gasteiger partial charge in [0.15, 0.2) is 0 Å². The van der Waals surface area contributed by atoms with Crippen LogP contribution in [0.5, 0.6) is 0 Å². The molecule has 9 atom stereocenters. The predicted octanol–water partition coefficient (Wildman–Crippen LogP) is 6.23. The van der Waals surface area contributed by atoms with Crippen LogP contribution in [0, 0.1) is 46.3 Å². The molecule has 34 heavy (non-hydrogen) atoms. The van der Waals surface area contributed by atoms with Crippen LogP contribution in [0.2, 0.25) is 0 Å². The summed E-state index contributed by atoms with van der Waals surface area (Å²) in [6.07, 6.45) is 16.6. The van der Waals surface area contributed by atoms with Gasteiger partial charge in [-0.1, -0.05) is 65.5 Å². The van der Waals surface area contributed by atoms with Gasteiger partial charge >= 0.3 is 5.97 Å². The topological polar surface area (TPSA) is 78.3 Å². The number of fused-ring (bicyclic) bond motifs is 5. The summed E-state index contributed by atoms with van der Waals surface area (Å²) < 4.78 is 5.76. The molecule has 0 radical (unpaired) electrons. The van der Waals surface area contributed by atoms with Crippen molar-refractivity contribution in [3.05, 3.63) is 11.6 Å². The van der Waals surface area contributed by atoms with Crippen LogP contribution in [0.3, 0.4) is 0 Å². The smallest absolute Gasteiger partial charge is 0.324 e. The van der Waals surface area contributed by atoms with E-state index < -0.39 is 6.04 Å². The molecule has 4 aliphatic rings. The summed E-state index contributed by atoms with van der Waals surface area (Å²) >= 11 is 0. The molecule has 0 aromatic heterocycles. The van der Waals surface area contributed by atoms with Gasteiger partial charge in [0.05, 0.1) is 0 Å². The molecule has 0 heterocycles. The molecule has 1 unspecified atom stereocenters. The molecule has 4 rings (SSSR count). The lowest BCUT2D eigenvalue weighted by Crippen LogP contribution is -2.51. The first-order chi connectivity index (χ1) is 16.1. The van der Waals surface area contributed by atoms with E-state index in [0.717, 1.165) is 54.8 Å². The second-order valence-corrected chi connectivity index (χ2v) is 13.4. The zero-order valence-corrected chi connectivity index (χ0v) is 22.7. The predicted molar refractivity (Wildman–Crippen MR) is 140 cm³/mol. The molecule has 4 nitrogen and oxygen atoms in total. The SMILES string of the molecule is CC(C)CCC[C@@H](C)[C@H]1CC[C@H]2[C@@H]3CC=C4C[C@@H](OC(=O)C(N)CN)CC[C@]4(C)[C@H]3CC[C@]12C. The lowest BCUT2D eigenvalue weighted by atomic mass is 9.47. The van der Waals surface area contributed by atoms with Crippen LogP contribution in [0.25, 0.3) is 0 Å². The maximum absolute atomic E-state index is 12.2. The van der Waals surface area contributed by atoms with Gasteiger partial charge in [-0.05, 0) is 91.3 Å². The largest absolute Gasteiger partial charge is 0.461 e. The minimum atomic E-state index is -0.697. The molecule has 0 aromatic carbocycles. The Balaban J connectivity index is 1.43. The van der Waals surface area contributed by atoms with Gasteiger partial charge in [0, 0.05) is 13.0 Å². The lowest BCUT2D eigenvalue weighted by Gasteiger charge is -2.58. The van der Waals surface area contributed by atoms with Crippen molar-refractivity contribution >= 4 is 5.97 Å². The summed E-state index contributed by atoms with van der Waals surface area (Å²) in [6, 6.07) is -0.697.